The zero-order valence-electron chi connectivity index (χ0n) is 11.3. The van der Waals surface area contributed by atoms with Gasteiger partial charge in [0.1, 0.15) is 17.7 Å². The quantitative estimate of drug-likeness (QED) is 0.368. The van der Waals surface area contributed by atoms with Crippen LogP contribution in [0.25, 0.3) is 0 Å². The molecule has 1 unspecified atom stereocenters. The molecule has 4 N–H and O–H groups in total. The van der Waals surface area contributed by atoms with Crippen LogP contribution in [0.5, 0.6) is 0 Å². The molecular formula is C11H17N5O4. The number of anilines is 2. The van der Waals surface area contributed by atoms with E-state index >= 15 is 0 Å². The maximum Gasteiger partial charge on any atom is 0.276 e. The second-order valence-electron chi connectivity index (χ2n) is 4.04. The van der Waals surface area contributed by atoms with E-state index in [4.69, 9.17) is 10.5 Å². The second-order valence-corrected chi connectivity index (χ2v) is 4.04. The Bertz CT molecular complexity index is 494. The number of amides is 1. The number of pyridine rings is 1. The molecule has 0 aliphatic rings. The number of carbonyl (C=O) groups is 1. The highest BCUT2D eigenvalue weighted by molar-refractivity contribution is 5.84. The number of hydrogen-bond acceptors (Lipinski definition) is 7. The van der Waals surface area contributed by atoms with Crippen LogP contribution in [0.1, 0.15) is 6.92 Å². The van der Waals surface area contributed by atoms with Crippen molar-refractivity contribution >= 4 is 23.2 Å². The molecule has 0 fully saturated rings. The summed E-state index contributed by atoms with van der Waals surface area (Å²) in [5, 5.41) is 16.1. The topological polar surface area (TPSA) is 132 Å². The number of aromatic nitrogens is 1. The predicted molar refractivity (Wildman–Crippen MR) is 73.3 cm³/mol. The van der Waals surface area contributed by atoms with Gasteiger partial charge in [0.2, 0.25) is 5.91 Å². The first-order valence-electron chi connectivity index (χ1n) is 5.89. The van der Waals surface area contributed by atoms with Gasteiger partial charge < -0.3 is 21.1 Å². The Labute approximate surface area is 115 Å². The van der Waals surface area contributed by atoms with Gasteiger partial charge in [-0.15, -0.1) is 0 Å². The van der Waals surface area contributed by atoms with Gasteiger partial charge in [0, 0.05) is 13.7 Å². The van der Waals surface area contributed by atoms with Gasteiger partial charge in [-0.2, -0.15) is 0 Å². The lowest BCUT2D eigenvalue weighted by atomic mass is 10.3. The standard InChI is InChI=1S/C11H17N5O4/c1-7(11(17)13-3-4-20-2)14-10-6-8(16(18)19)5-9(12)15-10/h5-7H,3-4H2,1-2H3,(H,13,17)(H3,12,14,15). The van der Waals surface area contributed by atoms with Crippen molar-refractivity contribution in [2.24, 2.45) is 0 Å². The third-order valence-electron chi connectivity index (χ3n) is 2.40. The van der Waals surface area contributed by atoms with Crippen LogP contribution in [0.3, 0.4) is 0 Å². The van der Waals surface area contributed by atoms with E-state index in [1.165, 1.54) is 13.2 Å². The van der Waals surface area contributed by atoms with Crippen LogP contribution in [0, 0.1) is 10.1 Å². The summed E-state index contributed by atoms with van der Waals surface area (Å²) < 4.78 is 4.81. The van der Waals surface area contributed by atoms with Crippen molar-refractivity contribution in [3.8, 4) is 0 Å². The van der Waals surface area contributed by atoms with Crippen molar-refractivity contribution in [3.63, 3.8) is 0 Å². The molecule has 1 atom stereocenters. The Balaban J connectivity index is 2.67. The Morgan fingerprint density at radius 1 is 1.60 bits per heavy atom. The summed E-state index contributed by atoms with van der Waals surface area (Å²) in [6, 6.07) is 1.75. The molecule has 1 aromatic heterocycles. The molecule has 1 aromatic rings. The summed E-state index contributed by atoms with van der Waals surface area (Å²) >= 11 is 0. The highest BCUT2D eigenvalue weighted by Crippen LogP contribution is 2.19. The van der Waals surface area contributed by atoms with Crippen molar-refractivity contribution in [1.29, 1.82) is 0 Å². The van der Waals surface area contributed by atoms with Crippen molar-refractivity contribution in [2.45, 2.75) is 13.0 Å². The van der Waals surface area contributed by atoms with Crippen molar-refractivity contribution in [1.82, 2.24) is 10.3 Å². The van der Waals surface area contributed by atoms with Crippen LogP contribution in [0.15, 0.2) is 12.1 Å². The zero-order valence-corrected chi connectivity index (χ0v) is 11.3. The van der Waals surface area contributed by atoms with Gasteiger partial charge in [-0.05, 0) is 6.92 Å². The number of nitrogen functional groups attached to an aromatic ring is 1. The number of nitrogens with zero attached hydrogens (tertiary/aromatic N) is 2. The third-order valence-corrected chi connectivity index (χ3v) is 2.40. The van der Waals surface area contributed by atoms with E-state index in [-0.39, 0.29) is 23.2 Å². The number of nitrogens with two attached hydrogens (primary N) is 1. The van der Waals surface area contributed by atoms with Gasteiger partial charge in [-0.1, -0.05) is 0 Å². The molecule has 9 nitrogen and oxygen atoms in total. The van der Waals surface area contributed by atoms with Crippen molar-refractivity contribution < 1.29 is 14.5 Å². The molecule has 1 amide bonds. The molecule has 0 aromatic carbocycles. The summed E-state index contributed by atoms with van der Waals surface area (Å²) in [4.78, 5) is 25.7. The lowest BCUT2D eigenvalue weighted by Crippen LogP contribution is -2.39. The number of nitro groups is 1. The molecule has 20 heavy (non-hydrogen) atoms. The predicted octanol–water partition coefficient (Wildman–Crippen LogP) is 0.135. The molecule has 1 heterocycles. The zero-order chi connectivity index (χ0) is 15.1. The van der Waals surface area contributed by atoms with E-state index in [9.17, 15) is 14.9 Å². The minimum absolute atomic E-state index is 0.00805. The van der Waals surface area contributed by atoms with Crippen LogP contribution in [0.4, 0.5) is 17.3 Å². The van der Waals surface area contributed by atoms with Gasteiger partial charge >= 0.3 is 0 Å². The fraction of sp³-hybridized carbons (Fsp3) is 0.455. The smallest absolute Gasteiger partial charge is 0.276 e. The average molecular weight is 283 g/mol. The van der Waals surface area contributed by atoms with E-state index in [1.807, 2.05) is 0 Å². The fourth-order valence-electron chi connectivity index (χ4n) is 1.43. The van der Waals surface area contributed by atoms with Crippen LogP contribution in [0.2, 0.25) is 0 Å². The van der Waals surface area contributed by atoms with Crippen LogP contribution in [-0.2, 0) is 9.53 Å². The lowest BCUT2D eigenvalue weighted by molar-refractivity contribution is -0.384. The summed E-state index contributed by atoms with van der Waals surface area (Å²) in [5.74, 6) is -0.0892. The van der Waals surface area contributed by atoms with Crippen molar-refractivity contribution in [3.05, 3.63) is 22.2 Å². The lowest BCUT2D eigenvalue weighted by Gasteiger charge is -2.14. The minimum atomic E-state index is -0.610. The molecule has 110 valence electrons. The molecule has 0 radical (unpaired) electrons. The molecule has 0 saturated heterocycles. The number of methoxy groups -OCH3 is 1. The monoisotopic (exact) mass is 283 g/mol. The second kappa shape index (κ2) is 7.24. The van der Waals surface area contributed by atoms with Crippen LogP contribution < -0.4 is 16.4 Å². The maximum atomic E-state index is 11.7. The van der Waals surface area contributed by atoms with Crippen LogP contribution >= 0.6 is 0 Å². The van der Waals surface area contributed by atoms with Gasteiger partial charge in [-0.3, -0.25) is 14.9 Å². The number of rotatable bonds is 7. The number of carbonyl (C=O) groups excluding carboxylic acids is 1. The van der Waals surface area contributed by atoms with E-state index in [1.54, 1.807) is 6.92 Å². The third kappa shape index (κ3) is 4.69. The first-order chi connectivity index (χ1) is 9.43. The summed E-state index contributed by atoms with van der Waals surface area (Å²) in [7, 11) is 1.53. The maximum absolute atomic E-state index is 11.7. The first kappa shape index (κ1) is 15.6. The summed E-state index contributed by atoms with van der Waals surface area (Å²) in [5.41, 5.74) is 5.29. The largest absolute Gasteiger partial charge is 0.383 e. The van der Waals surface area contributed by atoms with Gasteiger partial charge in [0.15, 0.2) is 0 Å². The Hall–Kier alpha value is -2.42. The first-order valence-corrected chi connectivity index (χ1v) is 5.89. The van der Waals surface area contributed by atoms with Crippen LogP contribution in [-0.4, -0.2) is 42.1 Å². The van der Waals surface area contributed by atoms with E-state index in [0.29, 0.717) is 13.2 Å². The Morgan fingerprint density at radius 3 is 2.90 bits per heavy atom. The normalized spacial score (nSPS) is 11.7. The van der Waals surface area contributed by atoms with E-state index in [0.717, 1.165) is 6.07 Å². The minimum Gasteiger partial charge on any atom is -0.383 e. The highest BCUT2D eigenvalue weighted by atomic mass is 16.6. The number of hydrogen-bond donors (Lipinski definition) is 3. The molecule has 0 saturated carbocycles. The molecule has 0 aliphatic carbocycles. The van der Waals surface area contributed by atoms with Crippen molar-refractivity contribution in [2.75, 3.05) is 31.3 Å². The van der Waals surface area contributed by atoms with Gasteiger partial charge in [0.05, 0.1) is 23.7 Å². The molecule has 0 spiro atoms. The Morgan fingerprint density at radius 2 is 2.30 bits per heavy atom. The van der Waals surface area contributed by atoms with Gasteiger partial charge in [0.25, 0.3) is 5.69 Å². The fourth-order valence-corrected chi connectivity index (χ4v) is 1.43. The SMILES string of the molecule is COCCNC(=O)C(C)Nc1cc([N+](=O)[O-])cc(N)n1. The molecule has 0 aliphatic heterocycles. The van der Waals surface area contributed by atoms with E-state index < -0.39 is 11.0 Å². The van der Waals surface area contributed by atoms with Gasteiger partial charge in [-0.25, -0.2) is 4.98 Å². The van der Waals surface area contributed by atoms with E-state index in [2.05, 4.69) is 15.6 Å². The summed E-state index contributed by atoms with van der Waals surface area (Å²) in [6.07, 6.45) is 0. The molecule has 0 bridgehead atoms. The average Bonchev–Trinajstić information content (AvgIpc) is 2.38. The summed E-state index contributed by atoms with van der Waals surface area (Å²) in [6.45, 7) is 2.39. The molecule has 9 heteroatoms. The number of ether oxygens (including phenoxy) is 1. The highest BCUT2D eigenvalue weighted by Gasteiger charge is 2.15. The number of nitrogens with one attached hydrogen (secondary N) is 2. The Kier molecular flexibility index (Phi) is 5.66. The molecular weight excluding hydrogens is 266 g/mol. The molecule has 1 rings (SSSR count).